The number of benzene rings is 1. The van der Waals surface area contributed by atoms with E-state index >= 15 is 0 Å². The van der Waals surface area contributed by atoms with E-state index in [0.29, 0.717) is 11.8 Å². The number of amides is 1. The van der Waals surface area contributed by atoms with Gasteiger partial charge in [-0.1, -0.05) is 36.4 Å². The molecular weight excluding hydrogens is 346 g/mol. The first-order chi connectivity index (χ1) is 13.8. The van der Waals surface area contributed by atoms with Crippen molar-refractivity contribution in [3.63, 3.8) is 0 Å². The third-order valence-electron chi connectivity index (χ3n) is 6.26. The highest BCUT2D eigenvalue weighted by Crippen LogP contribution is 2.25. The molecule has 0 unspecified atom stereocenters. The zero-order valence-electron chi connectivity index (χ0n) is 16.7. The summed E-state index contributed by atoms with van der Waals surface area (Å²) in [6.45, 7) is 4.64. The Morgan fingerprint density at radius 2 is 1.75 bits per heavy atom. The van der Waals surface area contributed by atoms with Crippen molar-refractivity contribution in [3.05, 3.63) is 66.0 Å². The minimum atomic E-state index is 0.156. The highest BCUT2D eigenvalue weighted by molar-refractivity contribution is 5.79. The normalized spacial score (nSPS) is 21.6. The SMILES string of the molecule is O=C([C@@H]1CCCN(Cc2ccccn2)C1)N1CCC(Cc2ccccc2)CC1. The molecule has 3 heterocycles. The third kappa shape index (κ3) is 4.99. The maximum atomic E-state index is 13.1. The van der Waals surface area contributed by atoms with E-state index in [0.717, 1.165) is 70.5 Å². The molecule has 1 aromatic carbocycles. The van der Waals surface area contributed by atoms with Gasteiger partial charge in [0.1, 0.15) is 0 Å². The van der Waals surface area contributed by atoms with Crippen LogP contribution in [0.5, 0.6) is 0 Å². The number of hydrogen-bond donors (Lipinski definition) is 0. The van der Waals surface area contributed by atoms with Crippen LogP contribution < -0.4 is 0 Å². The lowest BCUT2D eigenvalue weighted by Gasteiger charge is -2.38. The molecule has 0 aliphatic carbocycles. The van der Waals surface area contributed by atoms with Gasteiger partial charge in [-0.3, -0.25) is 14.7 Å². The molecule has 2 saturated heterocycles. The van der Waals surface area contributed by atoms with E-state index in [-0.39, 0.29) is 5.92 Å². The Balaban J connectivity index is 1.26. The van der Waals surface area contributed by atoms with E-state index in [4.69, 9.17) is 0 Å². The minimum Gasteiger partial charge on any atom is -0.342 e. The van der Waals surface area contributed by atoms with Crippen LogP contribution in [0.2, 0.25) is 0 Å². The van der Waals surface area contributed by atoms with Crippen molar-refractivity contribution in [3.8, 4) is 0 Å². The summed E-state index contributed by atoms with van der Waals surface area (Å²) in [6, 6.07) is 16.8. The van der Waals surface area contributed by atoms with Gasteiger partial charge in [0, 0.05) is 32.4 Å². The van der Waals surface area contributed by atoms with Gasteiger partial charge in [0.25, 0.3) is 0 Å². The van der Waals surface area contributed by atoms with E-state index in [1.165, 1.54) is 5.56 Å². The number of rotatable bonds is 5. The van der Waals surface area contributed by atoms with Crippen molar-refractivity contribution in [1.29, 1.82) is 0 Å². The van der Waals surface area contributed by atoms with Crippen LogP contribution in [-0.2, 0) is 17.8 Å². The maximum absolute atomic E-state index is 13.1. The van der Waals surface area contributed by atoms with Crippen molar-refractivity contribution < 1.29 is 4.79 Å². The van der Waals surface area contributed by atoms with Gasteiger partial charge in [0.2, 0.25) is 5.91 Å². The summed E-state index contributed by atoms with van der Waals surface area (Å²) in [5.41, 5.74) is 2.52. The Morgan fingerprint density at radius 1 is 0.964 bits per heavy atom. The van der Waals surface area contributed by atoms with E-state index in [1.54, 1.807) is 0 Å². The fraction of sp³-hybridized carbons (Fsp3) is 0.500. The monoisotopic (exact) mass is 377 g/mol. The average molecular weight is 378 g/mol. The number of pyridine rings is 1. The predicted molar refractivity (Wildman–Crippen MR) is 112 cm³/mol. The highest BCUT2D eigenvalue weighted by Gasteiger charge is 2.31. The van der Waals surface area contributed by atoms with Gasteiger partial charge in [-0.25, -0.2) is 0 Å². The molecule has 4 heteroatoms. The highest BCUT2D eigenvalue weighted by atomic mass is 16.2. The molecule has 2 aliphatic heterocycles. The molecule has 1 aromatic heterocycles. The topological polar surface area (TPSA) is 36.4 Å². The number of nitrogens with zero attached hydrogens (tertiary/aromatic N) is 3. The van der Waals surface area contributed by atoms with E-state index in [2.05, 4.69) is 51.2 Å². The molecular formula is C24H31N3O. The quantitative estimate of drug-likeness (QED) is 0.796. The number of hydrogen-bond acceptors (Lipinski definition) is 3. The second-order valence-electron chi connectivity index (χ2n) is 8.35. The molecule has 2 aromatic rings. The van der Waals surface area contributed by atoms with Crippen molar-refractivity contribution >= 4 is 5.91 Å². The van der Waals surface area contributed by atoms with Crippen LogP contribution in [0.15, 0.2) is 54.7 Å². The van der Waals surface area contributed by atoms with E-state index in [1.807, 2.05) is 18.3 Å². The lowest BCUT2D eigenvalue weighted by molar-refractivity contribution is -0.138. The van der Waals surface area contributed by atoms with Crippen LogP contribution >= 0.6 is 0 Å². The molecule has 0 radical (unpaired) electrons. The summed E-state index contributed by atoms with van der Waals surface area (Å²) in [7, 11) is 0. The molecule has 1 atom stereocenters. The number of carbonyl (C=O) groups is 1. The molecule has 28 heavy (non-hydrogen) atoms. The molecule has 2 aliphatic rings. The Hall–Kier alpha value is -2.20. The first-order valence-corrected chi connectivity index (χ1v) is 10.7. The van der Waals surface area contributed by atoms with Gasteiger partial charge >= 0.3 is 0 Å². The van der Waals surface area contributed by atoms with Gasteiger partial charge in [0.15, 0.2) is 0 Å². The van der Waals surface area contributed by atoms with Crippen LogP contribution in [0.1, 0.15) is 36.9 Å². The Labute approximate surface area is 168 Å². The fourth-order valence-corrected chi connectivity index (χ4v) is 4.68. The smallest absolute Gasteiger partial charge is 0.226 e. The van der Waals surface area contributed by atoms with Crippen molar-refractivity contribution in [2.45, 2.75) is 38.6 Å². The summed E-state index contributed by atoms with van der Waals surface area (Å²) < 4.78 is 0. The predicted octanol–water partition coefficient (Wildman–Crippen LogP) is 3.77. The molecule has 1 amide bonds. The van der Waals surface area contributed by atoms with Crippen LogP contribution in [0.25, 0.3) is 0 Å². The van der Waals surface area contributed by atoms with E-state index in [9.17, 15) is 4.79 Å². The summed E-state index contributed by atoms with van der Waals surface area (Å²) in [6.07, 6.45) is 7.39. The first-order valence-electron chi connectivity index (χ1n) is 10.7. The zero-order valence-corrected chi connectivity index (χ0v) is 16.7. The standard InChI is InChI=1S/C24H31N3O/c28-24(22-9-6-14-26(18-22)19-23-10-4-5-13-25-23)27-15-11-21(12-16-27)17-20-7-2-1-3-8-20/h1-5,7-8,10,13,21-22H,6,9,11-12,14-19H2/t22-/m1/s1. The molecule has 0 spiro atoms. The second kappa shape index (κ2) is 9.33. The van der Waals surface area contributed by atoms with Crippen LogP contribution in [-0.4, -0.2) is 46.9 Å². The van der Waals surface area contributed by atoms with Crippen LogP contribution in [0.3, 0.4) is 0 Å². The lowest BCUT2D eigenvalue weighted by Crippen LogP contribution is -2.47. The van der Waals surface area contributed by atoms with Gasteiger partial charge in [-0.2, -0.15) is 0 Å². The van der Waals surface area contributed by atoms with Crippen LogP contribution in [0, 0.1) is 11.8 Å². The fourth-order valence-electron chi connectivity index (χ4n) is 4.68. The number of likely N-dealkylation sites (tertiary alicyclic amines) is 2. The molecule has 2 fully saturated rings. The average Bonchev–Trinajstić information content (AvgIpc) is 2.75. The summed E-state index contributed by atoms with van der Waals surface area (Å²) in [4.78, 5) is 22.1. The van der Waals surface area contributed by atoms with Crippen molar-refractivity contribution in [2.24, 2.45) is 11.8 Å². The van der Waals surface area contributed by atoms with Gasteiger partial charge in [0.05, 0.1) is 11.6 Å². The lowest BCUT2D eigenvalue weighted by atomic mass is 9.89. The van der Waals surface area contributed by atoms with Gasteiger partial charge < -0.3 is 4.90 Å². The minimum absolute atomic E-state index is 0.156. The number of piperidine rings is 2. The van der Waals surface area contributed by atoms with Crippen LogP contribution in [0.4, 0.5) is 0 Å². The first kappa shape index (κ1) is 19.1. The number of carbonyl (C=O) groups excluding carboxylic acids is 1. The molecule has 0 bridgehead atoms. The van der Waals surface area contributed by atoms with Crippen molar-refractivity contribution in [2.75, 3.05) is 26.2 Å². The largest absolute Gasteiger partial charge is 0.342 e. The zero-order chi connectivity index (χ0) is 19.2. The molecule has 148 valence electrons. The van der Waals surface area contributed by atoms with Gasteiger partial charge in [-0.05, 0) is 62.3 Å². The Bertz CT molecular complexity index is 741. The summed E-state index contributed by atoms with van der Waals surface area (Å²) in [5, 5.41) is 0. The Kier molecular flexibility index (Phi) is 6.38. The molecule has 0 saturated carbocycles. The third-order valence-corrected chi connectivity index (χ3v) is 6.26. The summed E-state index contributed by atoms with van der Waals surface area (Å²) >= 11 is 0. The van der Waals surface area contributed by atoms with E-state index < -0.39 is 0 Å². The molecule has 4 nitrogen and oxygen atoms in total. The van der Waals surface area contributed by atoms with Gasteiger partial charge in [-0.15, -0.1) is 0 Å². The molecule has 0 N–H and O–H groups in total. The van der Waals surface area contributed by atoms with Crippen molar-refractivity contribution in [1.82, 2.24) is 14.8 Å². The number of aromatic nitrogens is 1. The molecule has 4 rings (SSSR count). The second-order valence-corrected chi connectivity index (χ2v) is 8.35. The maximum Gasteiger partial charge on any atom is 0.226 e. The summed E-state index contributed by atoms with van der Waals surface area (Å²) in [5.74, 6) is 1.24. The Morgan fingerprint density at radius 3 is 2.50 bits per heavy atom.